The first kappa shape index (κ1) is 11.1. The zero-order chi connectivity index (χ0) is 11.7. The molecule has 17 heavy (non-hydrogen) atoms. The third kappa shape index (κ3) is 2.32. The zero-order valence-electron chi connectivity index (χ0n) is 10.7. The number of piperidine rings is 1. The van der Waals surface area contributed by atoms with Gasteiger partial charge in [-0.15, -0.1) is 0 Å². The lowest BCUT2D eigenvalue weighted by molar-refractivity contribution is 0.399. The molecule has 0 amide bonds. The molecule has 1 atom stereocenters. The molecule has 2 nitrogen and oxygen atoms in total. The van der Waals surface area contributed by atoms with Gasteiger partial charge in [0.1, 0.15) is 0 Å². The number of likely N-dealkylation sites (N-methyl/N-ethyl adjacent to an activating group) is 1. The molecule has 0 spiro atoms. The van der Waals surface area contributed by atoms with Gasteiger partial charge in [-0.1, -0.05) is 18.6 Å². The van der Waals surface area contributed by atoms with Gasteiger partial charge in [-0.3, -0.25) is 0 Å². The second-order valence-electron chi connectivity index (χ2n) is 5.49. The summed E-state index contributed by atoms with van der Waals surface area (Å²) >= 11 is 0. The third-order valence-electron chi connectivity index (χ3n) is 4.17. The maximum Gasteiger partial charge on any atom is 0.0399 e. The van der Waals surface area contributed by atoms with Crippen LogP contribution >= 0.6 is 0 Å². The summed E-state index contributed by atoms with van der Waals surface area (Å²) in [5.74, 6) is 0. The maximum absolute atomic E-state index is 3.63. The highest BCUT2D eigenvalue weighted by Crippen LogP contribution is 2.28. The molecule has 0 aliphatic carbocycles. The van der Waals surface area contributed by atoms with Crippen molar-refractivity contribution >= 4 is 5.69 Å². The van der Waals surface area contributed by atoms with Crippen molar-refractivity contribution in [2.24, 2.45) is 0 Å². The van der Waals surface area contributed by atoms with Crippen LogP contribution in [0.5, 0.6) is 0 Å². The molecule has 92 valence electrons. The zero-order valence-corrected chi connectivity index (χ0v) is 10.7. The molecule has 0 radical (unpaired) electrons. The molecule has 2 aliphatic rings. The Morgan fingerprint density at radius 3 is 3.12 bits per heavy atom. The summed E-state index contributed by atoms with van der Waals surface area (Å²) in [7, 11) is 2.20. The minimum absolute atomic E-state index is 0.702. The molecule has 1 fully saturated rings. The predicted molar refractivity (Wildman–Crippen MR) is 72.8 cm³/mol. The maximum atomic E-state index is 3.63. The smallest absolute Gasteiger partial charge is 0.0399 e. The summed E-state index contributed by atoms with van der Waals surface area (Å²) in [4.78, 5) is 2.38. The minimum Gasteiger partial charge on any atom is -0.374 e. The Labute approximate surface area is 104 Å². The van der Waals surface area contributed by atoms with Crippen LogP contribution in [0.15, 0.2) is 18.2 Å². The molecule has 1 unspecified atom stereocenters. The third-order valence-corrected chi connectivity index (χ3v) is 4.17. The van der Waals surface area contributed by atoms with E-state index in [0.29, 0.717) is 6.04 Å². The van der Waals surface area contributed by atoms with Gasteiger partial charge in [0.05, 0.1) is 0 Å². The SMILES string of the molecule is CN1CCc2ccc(CC3CCCCN3)cc21. The second-order valence-corrected chi connectivity index (χ2v) is 5.49. The van der Waals surface area contributed by atoms with Crippen molar-refractivity contribution in [3.05, 3.63) is 29.3 Å². The van der Waals surface area contributed by atoms with Gasteiger partial charge in [0.15, 0.2) is 0 Å². The van der Waals surface area contributed by atoms with Crippen molar-refractivity contribution in [2.45, 2.75) is 38.1 Å². The Morgan fingerprint density at radius 1 is 1.35 bits per heavy atom. The number of fused-ring (bicyclic) bond motifs is 1. The van der Waals surface area contributed by atoms with Crippen molar-refractivity contribution < 1.29 is 0 Å². The van der Waals surface area contributed by atoms with Gasteiger partial charge in [-0.25, -0.2) is 0 Å². The van der Waals surface area contributed by atoms with E-state index in [2.05, 4.69) is 35.5 Å². The molecule has 1 aromatic carbocycles. The van der Waals surface area contributed by atoms with E-state index in [1.165, 1.54) is 62.0 Å². The molecule has 1 aromatic rings. The first-order valence-corrected chi connectivity index (χ1v) is 6.89. The molecular weight excluding hydrogens is 208 g/mol. The molecule has 3 rings (SSSR count). The monoisotopic (exact) mass is 230 g/mol. The predicted octanol–water partition coefficient (Wildman–Crippen LogP) is 2.36. The summed E-state index contributed by atoms with van der Waals surface area (Å²) in [6, 6.07) is 7.76. The van der Waals surface area contributed by atoms with E-state index in [-0.39, 0.29) is 0 Å². The normalized spacial score (nSPS) is 23.8. The van der Waals surface area contributed by atoms with Crippen LogP contribution in [-0.4, -0.2) is 26.2 Å². The van der Waals surface area contributed by atoms with E-state index < -0.39 is 0 Å². The lowest BCUT2D eigenvalue weighted by Crippen LogP contribution is -2.35. The van der Waals surface area contributed by atoms with Crippen molar-refractivity contribution in [3.8, 4) is 0 Å². The Balaban J connectivity index is 1.73. The van der Waals surface area contributed by atoms with Crippen LogP contribution in [0.3, 0.4) is 0 Å². The molecule has 1 saturated heterocycles. The molecule has 0 aromatic heterocycles. The fourth-order valence-electron chi connectivity index (χ4n) is 3.09. The number of hydrogen-bond donors (Lipinski definition) is 1. The van der Waals surface area contributed by atoms with Crippen molar-refractivity contribution in [1.82, 2.24) is 5.32 Å². The first-order valence-electron chi connectivity index (χ1n) is 6.89. The van der Waals surface area contributed by atoms with Gasteiger partial charge < -0.3 is 10.2 Å². The Morgan fingerprint density at radius 2 is 2.29 bits per heavy atom. The summed E-state index contributed by atoms with van der Waals surface area (Å²) < 4.78 is 0. The number of nitrogens with one attached hydrogen (secondary N) is 1. The van der Waals surface area contributed by atoms with Crippen molar-refractivity contribution in [3.63, 3.8) is 0 Å². The van der Waals surface area contributed by atoms with Gasteiger partial charge in [0.25, 0.3) is 0 Å². The first-order chi connectivity index (χ1) is 8.33. The summed E-state index contributed by atoms with van der Waals surface area (Å²) in [5.41, 5.74) is 4.48. The summed E-state index contributed by atoms with van der Waals surface area (Å²) in [5, 5.41) is 3.63. The van der Waals surface area contributed by atoms with Gasteiger partial charge in [0, 0.05) is 25.3 Å². The lowest BCUT2D eigenvalue weighted by Gasteiger charge is -2.24. The fraction of sp³-hybridized carbons (Fsp3) is 0.600. The summed E-state index contributed by atoms with van der Waals surface area (Å²) in [6.45, 7) is 2.38. The molecule has 2 heteroatoms. The van der Waals surface area contributed by atoms with Gasteiger partial charge >= 0.3 is 0 Å². The number of rotatable bonds is 2. The standard InChI is InChI=1S/C15H22N2/c1-17-9-7-13-6-5-12(11-15(13)17)10-14-4-2-3-8-16-14/h5-6,11,14,16H,2-4,7-10H2,1H3. The average molecular weight is 230 g/mol. The van der Waals surface area contributed by atoms with E-state index >= 15 is 0 Å². The van der Waals surface area contributed by atoms with E-state index in [1.807, 2.05) is 0 Å². The number of benzene rings is 1. The van der Waals surface area contributed by atoms with Crippen LogP contribution in [0.2, 0.25) is 0 Å². The molecule has 2 heterocycles. The molecule has 1 N–H and O–H groups in total. The number of hydrogen-bond acceptors (Lipinski definition) is 2. The molecule has 0 bridgehead atoms. The topological polar surface area (TPSA) is 15.3 Å². The van der Waals surface area contributed by atoms with Gasteiger partial charge in [0.2, 0.25) is 0 Å². The number of anilines is 1. The van der Waals surface area contributed by atoms with E-state index in [4.69, 9.17) is 0 Å². The van der Waals surface area contributed by atoms with Gasteiger partial charge in [-0.05, 0) is 49.4 Å². The largest absolute Gasteiger partial charge is 0.374 e. The van der Waals surface area contributed by atoms with E-state index in [1.54, 1.807) is 0 Å². The molecule has 2 aliphatic heterocycles. The Bertz CT molecular complexity index is 394. The van der Waals surface area contributed by atoms with E-state index in [9.17, 15) is 0 Å². The van der Waals surface area contributed by atoms with Crippen LogP contribution in [0.1, 0.15) is 30.4 Å². The quantitative estimate of drug-likeness (QED) is 0.839. The van der Waals surface area contributed by atoms with Crippen molar-refractivity contribution in [1.29, 1.82) is 0 Å². The van der Waals surface area contributed by atoms with Crippen LogP contribution in [0.4, 0.5) is 5.69 Å². The number of nitrogens with zero attached hydrogens (tertiary/aromatic N) is 1. The highest BCUT2D eigenvalue weighted by atomic mass is 15.1. The van der Waals surface area contributed by atoms with Crippen LogP contribution in [0.25, 0.3) is 0 Å². The van der Waals surface area contributed by atoms with Crippen LogP contribution in [0, 0.1) is 0 Å². The van der Waals surface area contributed by atoms with Crippen LogP contribution in [-0.2, 0) is 12.8 Å². The van der Waals surface area contributed by atoms with Crippen molar-refractivity contribution in [2.75, 3.05) is 25.0 Å². The van der Waals surface area contributed by atoms with Gasteiger partial charge in [-0.2, -0.15) is 0 Å². The highest BCUT2D eigenvalue weighted by Gasteiger charge is 2.17. The second kappa shape index (κ2) is 4.69. The average Bonchev–Trinajstić information content (AvgIpc) is 2.73. The lowest BCUT2D eigenvalue weighted by atomic mass is 9.97. The fourth-order valence-corrected chi connectivity index (χ4v) is 3.09. The van der Waals surface area contributed by atoms with Crippen LogP contribution < -0.4 is 10.2 Å². The molecular formula is C15H22N2. The molecule has 0 saturated carbocycles. The highest BCUT2D eigenvalue weighted by molar-refractivity contribution is 5.59. The Kier molecular flexibility index (Phi) is 3.06. The summed E-state index contributed by atoms with van der Waals surface area (Å²) in [6.07, 6.45) is 6.49. The minimum atomic E-state index is 0.702. The Hall–Kier alpha value is -1.02. The van der Waals surface area contributed by atoms with E-state index in [0.717, 1.165) is 0 Å².